The number of hydrogen-bond donors (Lipinski definition) is 1. The number of carbonyl (C=O) groups is 1. The maximum absolute atomic E-state index is 12.5. The zero-order valence-electron chi connectivity index (χ0n) is 10.7. The summed E-state index contributed by atoms with van der Waals surface area (Å²) in [6, 6.07) is 5.21. The summed E-state index contributed by atoms with van der Waals surface area (Å²) < 4.78 is 31.3. The lowest BCUT2D eigenvalue weighted by Crippen LogP contribution is -2.41. The number of β-amino-alcohol motifs (C(OH)–C–C–N with tert-alkyl or cyclic N) is 1. The average molecular weight is 364 g/mol. The maximum atomic E-state index is 12.5. The van der Waals surface area contributed by atoms with Gasteiger partial charge in [-0.2, -0.15) is 4.31 Å². The van der Waals surface area contributed by atoms with Crippen LogP contribution < -0.4 is 0 Å². The van der Waals surface area contributed by atoms with E-state index < -0.39 is 28.1 Å². The topological polar surface area (TPSA) is 83.9 Å². The lowest BCUT2D eigenvalue weighted by atomic mass is 10.2. The molecule has 1 heterocycles. The van der Waals surface area contributed by atoms with Gasteiger partial charge in [-0.15, -0.1) is 0 Å². The molecule has 0 saturated carbocycles. The van der Waals surface area contributed by atoms with Crippen LogP contribution in [0.5, 0.6) is 0 Å². The third-order valence-electron chi connectivity index (χ3n) is 3.11. The van der Waals surface area contributed by atoms with E-state index in [4.69, 9.17) is 0 Å². The van der Waals surface area contributed by atoms with Crippen LogP contribution >= 0.6 is 15.9 Å². The van der Waals surface area contributed by atoms with Crippen LogP contribution in [0, 0.1) is 0 Å². The number of benzene rings is 1. The Balaban J connectivity index is 2.40. The quantitative estimate of drug-likeness (QED) is 0.801. The van der Waals surface area contributed by atoms with Crippen LogP contribution in [-0.4, -0.2) is 49.6 Å². The second kappa shape index (κ2) is 5.80. The third kappa shape index (κ3) is 2.88. The highest BCUT2D eigenvalue weighted by molar-refractivity contribution is 9.10. The van der Waals surface area contributed by atoms with Gasteiger partial charge in [0.1, 0.15) is 6.04 Å². The summed E-state index contributed by atoms with van der Waals surface area (Å²) >= 11 is 3.21. The highest BCUT2D eigenvalue weighted by Crippen LogP contribution is 2.28. The van der Waals surface area contributed by atoms with Gasteiger partial charge in [0.2, 0.25) is 10.0 Å². The SMILES string of the molecule is COC(=O)C1CC(O)CN1S(=O)(=O)c1cccc(Br)c1. The van der Waals surface area contributed by atoms with Crippen molar-refractivity contribution < 1.29 is 23.1 Å². The van der Waals surface area contributed by atoms with Crippen molar-refractivity contribution in [3.63, 3.8) is 0 Å². The first-order valence-electron chi connectivity index (χ1n) is 5.89. The van der Waals surface area contributed by atoms with Gasteiger partial charge in [-0.05, 0) is 18.2 Å². The molecule has 1 aliphatic rings. The van der Waals surface area contributed by atoms with Crippen molar-refractivity contribution in [1.82, 2.24) is 4.31 Å². The van der Waals surface area contributed by atoms with Gasteiger partial charge < -0.3 is 9.84 Å². The number of aliphatic hydroxyl groups is 1. The fourth-order valence-electron chi connectivity index (χ4n) is 2.16. The molecule has 1 aromatic carbocycles. The normalized spacial score (nSPS) is 23.8. The molecule has 1 saturated heterocycles. The van der Waals surface area contributed by atoms with Crippen LogP contribution in [0.3, 0.4) is 0 Å². The molecular weight excluding hydrogens is 350 g/mol. The fraction of sp³-hybridized carbons (Fsp3) is 0.417. The lowest BCUT2D eigenvalue weighted by Gasteiger charge is -2.21. The van der Waals surface area contributed by atoms with Crippen molar-refractivity contribution >= 4 is 31.9 Å². The van der Waals surface area contributed by atoms with Crippen LogP contribution in [-0.2, 0) is 19.6 Å². The number of esters is 1. The van der Waals surface area contributed by atoms with E-state index in [1.54, 1.807) is 12.1 Å². The Hall–Kier alpha value is -0.960. The maximum Gasteiger partial charge on any atom is 0.324 e. The monoisotopic (exact) mass is 363 g/mol. The molecule has 0 aliphatic carbocycles. The van der Waals surface area contributed by atoms with Gasteiger partial charge in [-0.25, -0.2) is 8.42 Å². The van der Waals surface area contributed by atoms with Gasteiger partial charge >= 0.3 is 5.97 Å². The summed E-state index contributed by atoms with van der Waals surface area (Å²) in [7, 11) is -2.66. The Morgan fingerprint density at radius 3 is 2.80 bits per heavy atom. The van der Waals surface area contributed by atoms with E-state index in [0.717, 1.165) is 4.31 Å². The highest BCUT2D eigenvalue weighted by atomic mass is 79.9. The van der Waals surface area contributed by atoms with Gasteiger partial charge in [0.15, 0.2) is 0 Å². The average Bonchev–Trinajstić information content (AvgIpc) is 2.80. The van der Waals surface area contributed by atoms with Crippen LogP contribution in [0.4, 0.5) is 0 Å². The molecule has 1 aromatic rings. The predicted octanol–water partition coefficient (Wildman–Crippen LogP) is 0.746. The van der Waals surface area contributed by atoms with Gasteiger partial charge in [0.05, 0.1) is 18.1 Å². The Bertz CT molecular complexity index is 618. The van der Waals surface area contributed by atoms with Crippen LogP contribution in [0.15, 0.2) is 33.6 Å². The van der Waals surface area contributed by atoms with Crippen molar-refractivity contribution in [3.8, 4) is 0 Å². The zero-order valence-corrected chi connectivity index (χ0v) is 13.1. The number of ether oxygens (including phenoxy) is 1. The smallest absolute Gasteiger partial charge is 0.324 e. The molecule has 2 rings (SSSR count). The minimum Gasteiger partial charge on any atom is -0.468 e. The molecule has 20 heavy (non-hydrogen) atoms. The highest BCUT2D eigenvalue weighted by Gasteiger charge is 2.44. The number of methoxy groups -OCH3 is 1. The second-order valence-electron chi connectivity index (χ2n) is 4.46. The number of sulfonamides is 1. The predicted molar refractivity (Wildman–Crippen MR) is 74.5 cm³/mol. The molecule has 110 valence electrons. The first-order valence-corrected chi connectivity index (χ1v) is 8.13. The minimum absolute atomic E-state index is 0.0416. The van der Waals surface area contributed by atoms with Crippen LogP contribution in [0.25, 0.3) is 0 Å². The molecule has 2 unspecified atom stereocenters. The Morgan fingerprint density at radius 1 is 1.50 bits per heavy atom. The van der Waals surface area contributed by atoms with Gasteiger partial charge in [-0.1, -0.05) is 22.0 Å². The Kier molecular flexibility index (Phi) is 4.48. The number of nitrogens with zero attached hydrogens (tertiary/aromatic N) is 1. The van der Waals surface area contributed by atoms with Crippen molar-refractivity contribution in [2.75, 3.05) is 13.7 Å². The molecule has 1 aliphatic heterocycles. The largest absolute Gasteiger partial charge is 0.468 e. The summed E-state index contributed by atoms with van der Waals surface area (Å²) in [6.07, 6.45) is -0.832. The van der Waals surface area contributed by atoms with Crippen LogP contribution in [0.1, 0.15) is 6.42 Å². The molecule has 1 N–H and O–H groups in total. The van der Waals surface area contributed by atoms with Crippen molar-refractivity contribution in [1.29, 1.82) is 0 Å². The minimum atomic E-state index is -3.86. The summed E-state index contributed by atoms with van der Waals surface area (Å²) in [5.41, 5.74) is 0. The number of hydrogen-bond acceptors (Lipinski definition) is 5. The Labute approximate surface area is 125 Å². The van der Waals surface area contributed by atoms with Crippen molar-refractivity contribution in [2.45, 2.75) is 23.5 Å². The van der Waals surface area contributed by atoms with Gasteiger partial charge in [-0.3, -0.25) is 4.79 Å². The number of rotatable bonds is 3. The molecule has 8 heteroatoms. The molecule has 0 radical (unpaired) electrons. The number of aliphatic hydroxyl groups excluding tert-OH is 1. The van der Waals surface area contributed by atoms with E-state index in [-0.39, 0.29) is 17.9 Å². The van der Waals surface area contributed by atoms with E-state index in [1.165, 1.54) is 19.2 Å². The van der Waals surface area contributed by atoms with Crippen molar-refractivity contribution in [2.24, 2.45) is 0 Å². The van der Waals surface area contributed by atoms with E-state index in [1.807, 2.05) is 0 Å². The lowest BCUT2D eigenvalue weighted by molar-refractivity contribution is -0.144. The number of halogens is 1. The summed E-state index contributed by atoms with van der Waals surface area (Å²) in [4.78, 5) is 11.7. The van der Waals surface area contributed by atoms with E-state index >= 15 is 0 Å². The molecule has 0 amide bonds. The standard InChI is InChI=1S/C12H14BrNO5S/c1-19-12(16)11-6-9(15)7-14(11)20(17,18)10-4-2-3-8(13)5-10/h2-5,9,11,15H,6-7H2,1H3. The van der Waals surface area contributed by atoms with Crippen LogP contribution in [0.2, 0.25) is 0 Å². The van der Waals surface area contributed by atoms with Gasteiger partial charge in [0.25, 0.3) is 0 Å². The Morgan fingerprint density at radius 2 is 2.20 bits per heavy atom. The second-order valence-corrected chi connectivity index (χ2v) is 7.27. The summed E-state index contributed by atoms with van der Waals surface area (Å²) in [5.74, 6) is -0.667. The fourth-order valence-corrected chi connectivity index (χ4v) is 4.39. The van der Waals surface area contributed by atoms with Crippen molar-refractivity contribution in [3.05, 3.63) is 28.7 Å². The van der Waals surface area contributed by atoms with E-state index in [9.17, 15) is 18.3 Å². The zero-order chi connectivity index (χ0) is 14.9. The molecule has 2 atom stereocenters. The molecule has 0 bridgehead atoms. The summed E-state index contributed by atoms with van der Waals surface area (Å²) in [5, 5.41) is 9.66. The molecule has 1 fully saturated rings. The van der Waals surface area contributed by atoms with Gasteiger partial charge in [0, 0.05) is 17.4 Å². The molecule has 0 aromatic heterocycles. The molecular formula is C12H14BrNO5S. The number of carbonyl (C=O) groups excluding carboxylic acids is 1. The van der Waals surface area contributed by atoms with E-state index in [0.29, 0.717) is 4.47 Å². The molecule has 6 nitrogen and oxygen atoms in total. The summed E-state index contributed by atoms with van der Waals surface area (Å²) in [6.45, 7) is -0.116. The first kappa shape index (κ1) is 15.4. The first-order chi connectivity index (χ1) is 9.36. The molecule has 0 spiro atoms. The van der Waals surface area contributed by atoms with E-state index in [2.05, 4.69) is 20.7 Å². The third-order valence-corrected chi connectivity index (χ3v) is 5.47.